The Morgan fingerprint density at radius 1 is 0.816 bits per heavy atom. The summed E-state index contributed by atoms with van der Waals surface area (Å²) in [5, 5.41) is 26.9. The van der Waals surface area contributed by atoms with Crippen molar-refractivity contribution in [1.82, 2.24) is 16.0 Å². The number of aliphatic carboxylic acids is 1. The lowest BCUT2D eigenvalue weighted by Gasteiger charge is -2.25. The molecule has 2 rings (SSSR count). The monoisotopic (exact) mass is 544 g/mol. The number of phenols is 1. The molecule has 0 aromatic heterocycles. The van der Waals surface area contributed by atoms with Crippen LogP contribution in [-0.4, -0.2) is 63.8 Å². The van der Waals surface area contributed by atoms with E-state index in [1.807, 2.05) is 19.9 Å². The van der Waals surface area contributed by atoms with Crippen LogP contribution in [0.2, 0.25) is 0 Å². The molecule has 2 aromatic carbocycles. The van der Waals surface area contributed by atoms with E-state index in [0.717, 1.165) is 5.56 Å². The van der Waals surface area contributed by atoms with E-state index in [0.29, 0.717) is 12.0 Å². The van der Waals surface area contributed by atoms with E-state index in [9.17, 15) is 29.4 Å². The highest BCUT2D eigenvalue weighted by Gasteiger charge is 2.30. The Balaban J connectivity index is 2.19. The van der Waals surface area contributed by atoms with Gasteiger partial charge in [-0.2, -0.15) is 12.6 Å². The van der Waals surface area contributed by atoms with Crippen LogP contribution < -0.4 is 21.7 Å². The Morgan fingerprint density at radius 2 is 1.32 bits per heavy atom. The number of carboxylic acids is 1. The summed E-state index contributed by atoms with van der Waals surface area (Å²) in [4.78, 5) is 50.8. The molecule has 11 heteroatoms. The lowest BCUT2D eigenvalue weighted by atomic mass is 9.99. The highest BCUT2D eigenvalue weighted by atomic mass is 32.1. The maximum Gasteiger partial charge on any atom is 0.326 e. The zero-order chi connectivity index (χ0) is 28.2. The highest BCUT2D eigenvalue weighted by Crippen LogP contribution is 2.12. The van der Waals surface area contributed by atoms with Gasteiger partial charge in [0, 0.05) is 18.6 Å². The Hall–Kier alpha value is -3.57. The van der Waals surface area contributed by atoms with Gasteiger partial charge in [-0.15, -0.1) is 0 Å². The number of carbonyl (C=O) groups excluding carboxylic acids is 3. The zero-order valence-corrected chi connectivity index (χ0v) is 22.4. The number of nitrogens with one attached hydrogen (secondary N) is 3. The average molecular weight is 545 g/mol. The summed E-state index contributed by atoms with van der Waals surface area (Å²) in [6.45, 7) is 3.73. The van der Waals surface area contributed by atoms with E-state index < -0.39 is 47.9 Å². The van der Waals surface area contributed by atoms with Crippen LogP contribution in [0.3, 0.4) is 0 Å². The first-order valence-electron chi connectivity index (χ1n) is 12.4. The second-order valence-electron chi connectivity index (χ2n) is 9.18. The molecule has 0 aliphatic carbocycles. The topological polar surface area (TPSA) is 171 Å². The molecule has 0 spiro atoms. The number of phenolic OH excluding ortho intramolecular Hbond substituents is 1. The van der Waals surface area contributed by atoms with Gasteiger partial charge in [-0.3, -0.25) is 14.4 Å². The van der Waals surface area contributed by atoms with Gasteiger partial charge >= 0.3 is 5.97 Å². The fourth-order valence-corrected chi connectivity index (χ4v) is 3.90. The molecule has 0 saturated carbocycles. The maximum absolute atomic E-state index is 13.3. The summed E-state index contributed by atoms with van der Waals surface area (Å²) in [6.07, 6.45) is 0.736. The lowest BCUT2D eigenvalue weighted by Crippen LogP contribution is -2.58. The minimum Gasteiger partial charge on any atom is -0.508 e. The van der Waals surface area contributed by atoms with E-state index in [1.54, 1.807) is 36.4 Å². The molecule has 206 valence electrons. The first-order valence-corrected chi connectivity index (χ1v) is 13.0. The first-order chi connectivity index (χ1) is 18.0. The molecule has 10 nitrogen and oxygen atoms in total. The minimum atomic E-state index is -1.28. The van der Waals surface area contributed by atoms with E-state index in [4.69, 9.17) is 5.73 Å². The van der Waals surface area contributed by atoms with Gasteiger partial charge in [0.2, 0.25) is 17.7 Å². The van der Waals surface area contributed by atoms with E-state index in [1.165, 1.54) is 12.1 Å². The number of carboxylic acid groups (broad SMARTS) is 1. The maximum atomic E-state index is 13.3. The van der Waals surface area contributed by atoms with Gasteiger partial charge in [0.1, 0.15) is 23.9 Å². The lowest BCUT2D eigenvalue weighted by molar-refractivity contribution is -0.142. The summed E-state index contributed by atoms with van der Waals surface area (Å²) in [7, 11) is 0. The third-order valence-corrected chi connectivity index (χ3v) is 6.65. The molecule has 3 amide bonds. The summed E-state index contributed by atoms with van der Waals surface area (Å²) in [5.41, 5.74) is 7.31. The summed E-state index contributed by atoms with van der Waals surface area (Å²) >= 11 is 4.18. The minimum absolute atomic E-state index is 0.0316. The fraction of sp³-hybridized carbons (Fsp3) is 0.407. The highest BCUT2D eigenvalue weighted by molar-refractivity contribution is 7.80. The number of aromatic hydroxyl groups is 1. The van der Waals surface area contributed by atoms with Crippen molar-refractivity contribution in [3.05, 3.63) is 65.7 Å². The normalized spacial score (nSPS) is 14.8. The van der Waals surface area contributed by atoms with E-state index >= 15 is 0 Å². The molecule has 2 aromatic rings. The Morgan fingerprint density at radius 3 is 1.87 bits per heavy atom. The van der Waals surface area contributed by atoms with Crippen molar-refractivity contribution in [3.63, 3.8) is 0 Å². The second-order valence-corrected chi connectivity index (χ2v) is 9.54. The SMILES string of the molecule is CCC(C)C(N)C(=O)NC(CS)C(=O)NC(Cc1ccccc1)C(=O)NC(Cc1ccc(O)cc1)C(=O)O. The number of hydrogen-bond donors (Lipinski definition) is 7. The summed E-state index contributed by atoms with van der Waals surface area (Å²) in [5.74, 6) is -3.21. The van der Waals surface area contributed by atoms with Crippen molar-refractivity contribution < 1.29 is 29.4 Å². The van der Waals surface area contributed by atoms with Crippen molar-refractivity contribution in [2.75, 3.05) is 5.75 Å². The van der Waals surface area contributed by atoms with Crippen LogP contribution in [-0.2, 0) is 32.0 Å². The van der Waals surface area contributed by atoms with Crippen molar-refractivity contribution in [2.24, 2.45) is 11.7 Å². The van der Waals surface area contributed by atoms with Crippen molar-refractivity contribution >= 4 is 36.3 Å². The summed E-state index contributed by atoms with van der Waals surface area (Å²) < 4.78 is 0. The third kappa shape index (κ3) is 9.38. The van der Waals surface area contributed by atoms with Gasteiger partial charge in [-0.1, -0.05) is 62.7 Å². The molecule has 0 fully saturated rings. The average Bonchev–Trinajstić information content (AvgIpc) is 2.91. The van der Waals surface area contributed by atoms with Gasteiger partial charge in [0.15, 0.2) is 0 Å². The Labute approximate surface area is 227 Å². The standard InChI is InChI=1S/C27H36N4O6S/c1-3-16(2)23(28)26(35)31-22(15-38)25(34)29-20(13-17-7-5-4-6-8-17)24(33)30-21(27(36)37)14-18-9-11-19(32)12-10-18/h4-12,16,20-23,32,38H,3,13-15,28H2,1-2H3,(H,29,34)(H,30,33)(H,31,35)(H,36,37). The van der Waals surface area contributed by atoms with Gasteiger partial charge in [0.05, 0.1) is 6.04 Å². The van der Waals surface area contributed by atoms with Crippen LogP contribution in [0.5, 0.6) is 5.75 Å². The molecular weight excluding hydrogens is 508 g/mol. The zero-order valence-electron chi connectivity index (χ0n) is 21.5. The molecule has 0 aliphatic rings. The molecule has 0 bridgehead atoms. The van der Waals surface area contributed by atoms with Gasteiger partial charge in [-0.05, 0) is 29.2 Å². The molecule has 7 N–H and O–H groups in total. The molecule has 0 saturated heterocycles. The molecule has 0 radical (unpaired) electrons. The number of carbonyl (C=O) groups is 4. The first kappa shape index (κ1) is 30.7. The van der Waals surface area contributed by atoms with Crippen LogP contribution in [0.15, 0.2) is 54.6 Å². The Kier molecular flexibility index (Phi) is 12.1. The van der Waals surface area contributed by atoms with E-state index in [-0.39, 0.29) is 30.3 Å². The van der Waals surface area contributed by atoms with Crippen LogP contribution >= 0.6 is 12.6 Å². The largest absolute Gasteiger partial charge is 0.508 e. The van der Waals surface area contributed by atoms with Gasteiger partial charge in [-0.25, -0.2) is 4.79 Å². The van der Waals surface area contributed by atoms with Crippen molar-refractivity contribution in [2.45, 2.75) is 57.3 Å². The Bertz CT molecular complexity index is 1080. The van der Waals surface area contributed by atoms with E-state index in [2.05, 4.69) is 28.6 Å². The number of nitrogens with two attached hydrogens (primary N) is 1. The van der Waals surface area contributed by atoms with Gasteiger partial charge in [0.25, 0.3) is 0 Å². The quantitative estimate of drug-likeness (QED) is 0.174. The molecule has 5 unspecified atom stereocenters. The number of thiol groups is 1. The number of hydrogen-bond acceptors (Lipinski definition) is 7. The molecule has 5 atom stereocenters. The van der Waals surface area contributed by atoms with Crippen molar-refractivity contribution in [3.8, 4) is 5.75 Å². The number of rotatable bonds is 14. The fourth-order valence-electron chi connectivity index (χ4n) is 3.65. The molecule has 38 heavy (non-hydrogen) atoms. The van der Waals surface area contributed by atoms with Crippen LogP contribution in [0.25, 0.3) is 0 Å². The van der Waals surface area contributed by atoms with Gasteiger partial charge < -0.3 is 31.9 Å². The van der Waals surface area contributed by atoms with Crippen LogP contribution in [0.4, 0.5) is 0 Å². The summed E-state index contributed by atoms with van der Waals surface area (Å²) in [6, 6.07) is 10.6. The van der Waals surface area contributed by atoms with Crippen LogP contribution in [0, 0.1) is 5.92 Å². The predicted molar refractivity (Wildman–Crippen MR) is 147 cm³/mol. The number of amides is 3. The predicted octanol–water partition coefficient (Wildman–Crippen LogP) is 1.02. The third-order valence-electron chi connectivity index (χ3n) is 6.28. The molecule has 0 heterocycles. The van der Waals surface area contributed by atoms with Crippen LogP contribution in [0.1, 0.15) is 31.4 Å². The second kappa shape index (κ2) is 15.0. The van der Waals surface area contributed by atoms with Crippen molar-refractivity contribution in [1.29, 1.82) is 0 Å². The number of benzene rings is 2. The molecule has 0 aliphatic heterocycles. The molecular formula is C27H36N4O6S. The smallest absolute Gasteiger partial charge is 0.326 e.